The van der Waals surface area contributed by atoms with Crippen molar-refractivity contribution in [3.63, 3.8) is 0 Å². The lowest BCUT2D eigenvalue weighted by atomic mass is 10.2. The second kappa shape index (κ2) is 8.79. The van der Waals surface area contributed by atoms with Crippen LogP contribution in [0, 0.1) is 24.7 Å². The molecule has 0 unspecified atom stereocenters. The Morgan fingerprint density at radius 1 is 1.13 bits per heavy atom. The van der Waals surface area contributed by atoms with Gasteiger partial charge in [-0.25, -0.2) is 13.1 Å². The maximum absolute atomic E-state index is 13.0. The van der Waals surface area contributed by atoms with Crippen molar-refractivity contribution in [2.45, 2.75) is 32.3 Å². The summed E-state index contributed by atoms with van der Waals surface area (Å²) >= 11 is 6.89. The van der Waals surface area contributed by atoms with Crippen molar-refractivity contribution < 1.29 is 12.9 Å². The van der Waals surface area contributed by atoms with Gasteiger partial charge in [-0.3, -0.25) is 4.90 Å². The summed E-state index contributed by atoms with van der Waals surface area (Å²) < 4.78 is 34.9. The van der Waals surface area contributed by atoms with Gasteiger partial charge in [0, 0.05) is 31.9 Å². The molecule has 0 spiro atoms. The number of sulfonamides is 1. The Hall–Kier alpha value is -2.12. The van der Waals surface area contributed by atoms with Crippen LogP contribution in [0.5, 0.6) is 0 Å². The highest BCUT2D eigenvalue weighted by atomic mass is 32.2. The van der Waals surface area contributed by atoms with Crippen LogP contribution in [-0.4, -0.2) is 58.7 Å². The van der Waals surface area contributed by atoms with Gasteiger partial charge in [0.25, 0.3) is 0 Å². The number of rotatable bonds is 6. The van der Waals surface area contributed by atoms with Gasteiger partial charge < -0.3 is 9.84 Å². The number of nitrogens with one attached hydrogen (secondary N) is 1. The first-order valence-electron chi connectivity index (χ1n) is 9.81. The van der Waals surface area contributed by atoms with E-state index in [-0.39, 0.29) is 4.90 Å². The molecular formula is C19H24N6O3S3. The summed E-state index contributed by atoms with van der Waals surface area (Å²) in [6.45, 7) is 7.77. The van der Waals surface area contributed by atoms with Crippen LogP contribution < -0.4 is 5.32 Å². The van der Waals surface area contributed by atoms with Crippen LogP contribution in [0.1, 0.15) is 17.0 Å². The first kappa shape index (κ1) is 22.1. The fraction of sp³-hybridized carbons (Fsp3) is 0.421. The quantitative estimate of drug-likeness (QED) is 0.537. The summed E-state index contributed by atoms with van der Waals surface area (Å²) in [5.74, 6) is 0.322. The van der Waals surface area contributed by atoms with E-state index < -0.39 is 10.0 Å². The minimum absolute atomic E-state index is 0.175. The zero-order valence-corrected chi connectivity index (χ0v) is 20.0. The molecule has 1 aliphatic rings. The van der Waals surface area contributed by atoms with Crippen molar-refractivity contribution in [2.75, 3.05) is 31.5 Å². The van der Waals surface area contributed by atoms with E-state index in [9.17, 15) is 8.42 Å². The van der Waals surface area contributed by atoms with E-state index in [0.29, 0.717) is 48.3 Å². The molecule has 0 radical (unpaired) electrons. The Bertz CT molecular complexity index is 1200. The minimum Gasteiger partial charge on any atom is -0.360 e. The van der Waals surface area contributed by atoms with Crippen molar-refractivity contribution in [1.82, 2.24) is 24.1 Å². The standard InChI is InChI=1S/C19H24N6O3S3/c1-13-4-6-16(7-5-13)20-18-21-25(19(29)30-18)12-23-8-10-24(11-9-23)31(26,27)17-14(2)22-28-15(17)3/h4-7H,8-12H2,1-3H3,(H,20,21). The summed E-state index contributed by atoms with van der Waals surface area (Å²) in [4.78, 5) is 2.32. The van der Waals surface area contributed by atoms with Gasteiger partial charge in [0.05, 0.1) is 6.67 Å². The average molecular weight is 481 g/mol. The highest BCUT2D eigenvalue weighted by Crippen LogP contribution is 2.25. The van der Waals surface area contributed by atoms with Gasteiger partial charge >= 0.3 is 0 Å². The van der Waals surface area contributed by atoms with Gasteiger partial charge in [-0.1, -0.05) is 34.2 Å². The van der Waals surface area contributed by atoms with E-state index in [1.165, 1.54) is 21.2 Å². The van der Waals surface area contributed by atoms with Crippen molar-refractivity contribution in [2.24, 2.45) is 0 Å². The van der Waals surface area contributed by atoms with E-state index in [1.54, 1.807) is 18.5 Å². The maximum Gasteiger partial charge on any atom is 0.248 e. The summed E-state index contributed by atoms with van der Waals surface area (Å²) in [7, 11) is -3.62. The molecule has 3 heterocycles. The molecule has 166 valence electrons. The Kier molecular flexibility index (Phi) is 6.26. The largest absolute Gasteiger partial charge is 0.360 e. The topological polar surface area (TPSA) is 96.5 Å². The Balaban J connectivity index is 1.39. The van der Waals surface area contributed by atoms with Crippen molar-refractivity contribution >= 4 is 44.4 Å². The molecule has 0 bridgehead atoms. The molecule has 1 fully saturated rings. The van der Waals surface area contributed by atoms with Crippen LogP contribution in [0.2, 0.25) is 0 Å². The molecule has 0 atom stereocenters. The zero-order valence-electron chi connectivity index (χ0n) is 17.5. The molecule has 0 aliphatic carbocycles. The Labute approximate surface area is 190 Å². The average Bonchev–Trinajstić information content (AvgIpc) is 3.25. The van der Waals surface area contributed by atoms with Crippen LogP contribution in [0.25, 0.3) is 0 Å². The van der Waals surface area contributed by atoms with Crippen LogP contribution in [0.3, 0.4) is 0 Å². The molecule has 1 N–H and O–H groups in total. The fourth-order valence-electron chi connectivity index (χ4n) is 3.48. The van der Waals surface area contributed by atoms with Crippen molar-refractivity contribution in [3.8, 4) is 0 Å². The van der Waals surface area contributed by atoms with E-state index in [4.69, 9.17) is 16.7 Å². The third-order valence-corrected chi connectivity index (χ3v) is 8.51. The smallest absolute Gasteiger partial charge is 0.248 e. The number of benzene rings is 1. The predicted molar refractivity (Wildman–Crippen MR) is 122 cm³/mol. The van der Waals surface area contributed by atoms with Crippen LogP contribution >= 0.6 is 23.6 Å². The van der Waals surface area contributed by atoms with Gasteiger partial charge in [0.1, 0.15) is 10.6 Å². The lowest BCUT2D eigenvalue weighted by molar-refractivity contribution is 0.145. The van der Waals surface area contributed by atoms with Crippen LogP contribution in [-0.2, 0) is 16.7 Å². The van der Waals surface area contributed by atoms with Crippen LogP contribution in [0.15, 0.2) is 33.7 Å². The highest BCUT2D eigenvalue weighted by molar-refractivity contribution is 7.89. The zero-order chi connectivity index (χ0) is 22.2. The van der Waals surface area contributed by atoms with Crippen molar-refractivity contribution in [1.29, 1.82) is 0 Å². The third kappa shape index (κ3) is 4.72. The third-order valence-electron chi connectivity index (χ3n) is 5.14. The molecule has 4 rings (SSSR count). The summed E-state index contributed by atoms with van der Waals surface area (Å²) in [5, 5.41) is 12.4. The second-order valence-corrected chi connectivity index (χ2v) is 11.0. The number of anilines is 2. The fourth-order valence-corrected chi connectivity index (χ4v) is 6.21. The van der Waals surface area contributed by atoms with E-state index >= 15 is 0 Å². The SMILES string of the molecule is Cc1ccc(Nc2nn(CN3CCN(S(=O)(=O)c4c(C)noc4C)CC3)c(=S)s2)cc1. The number of aromatic nitrogens is 3. The molecule has 12 heteroatoms. The van der Waals surface area contributed by atoms with E-state index in [1.807, 2.05) is 31.2 Å². The number of hydrogen-bond acceptors (Lipinski definition) is 9. The molecule has 1 aliphatic heterocycles. The molecular weight excluding hydrogens is 456 g/mol. The monoisotopic (exact) mass is 480 g/mol. The lowest BCUT2D eigenvalue weighted by Crippen LogP contribution is -2.49. The molecule has 9 nitrogen and oxygen atoms in total. The van der Waals surface area contributed by atoms with Gasteiger partial charge in [0.15, 0.2) is 9.71 Å². The number of aryl methyl sites for hydroxylation is 3. The molecule has 1 saturated heterocycles. The van der Waals surface area contributed by atoms with Gasteiger partial charge in [-0.05, 0) is 45.1 Å². The normalized spacial score (nSPS) is 16.0. The van der Waals surface area contributed by atoms with E-state index in [0.717, 1.165) is 10.8 Å². The van der Waals surface area contributed by atoms with E-state index in [2.05, 4.69) is 20.5 Å². The Morgan fingerprint density at radius 3 is 2.42 bits per heavy atom. The first-order valence-corrected chi connectivity index (χ1v) is 12.5. The lowest BCUT2D eigenvalue weighted by Gasteiger charge is -2.33. The summed E-state index contributed by atoms with van der Waals surface area (Å²) in [6, 6.07) is 8.08. The number of piperazine rings is 1. The first-order chi connectivity index (χ1) is 14.7. The molecule has 3 aromatic rings. The number of hydrogen-bond donors (Lipinski definition) is 1. The number of nitrogens with zero attached hydrogens (tertiary/aromatic N) is 5. The molecule has 0 amide bonds. The minimum atomic E-state index is -3.62. The molecule has 0 saturated carbocycles. The summed E-state index contributed by atoms with van der Waals surface area (Å²) in [5.41, 5.74) is 2.54. The maximum atomic E-state index is 13.0. The van der Waals surface area contributed by atoms with Gasteiger partial charge in [-0.15, -0.1) is 5.10 Å². The summed E-state index contributed by atoms with van der Waals surface area (Å²) in [6.07, 6.45) is 0. The highest BCUT2D eigenvalue weighted by Gasteiger charge is 2.33. The van der Waals surface area contributed by atoms with Crippen molar-refractivity contribution in [3.05, 3.63) is 45.2 Å². The van der Waals surface area contributed by atoms with Gasteiger partial charge in [-0.2, -0.15) is 4.31 Å². The van der Waals surface area contributed by atoms with Crippen LogP contribution in [0.4, 0.5) is 10.8 Å². The molecule has 2 aromatic heterocycles. The second-order valence-electron chi connectivity index (χ2n) is 7.48. The molecule has 1 aromatic carbocycles. The predicted octanol–water partition coefficient (Wildman–Crippen LogP) is 3.29. The molecule has 31 heavy (non-hydrogen) atoms. The van der Waals surface area contributed by atoms with Gasteiger partial charge in [0.2, 0.25) is 15.2 Å². The Morgan fingerprint density at radius 2 is 1.81 bits per heavy atom.